The Morgan fingerprint density at radius 3 is 2.24 bits per heavy atom. The first-order valence-corrected chi connectivity index (χ1v) is 13.7. The molecule has 12 heteroatoms. The van der Waals surface area contributed by atoms with Crippen LogP contribution in [0.3, 0.4) is 0 Å². The lowest BCUT2D eigenvalue weighted by molar-refractivity contribution is 0.0178. The fourth-order valence-electron chi connectivity index (χ4n) is 3.34. The van der Waals surface area contributed by atoms with Gasteiger partial charge in [0.15, 0.2) is 16.7 Å². The highest BCUT2D eigenvalue weighted by molar-refractivity contribution is 7.99. The van der Waals surface area contributed by atoms with Crippen LogP contribution in [0.25, 0.3) is 10.6 Å². The van der Waals surface area contributed by atoms with Gasteiger partial charge in [-0.05, 0) is 39.0 Å². The average molecular weight is 550 g/mol. The van der Waals surface area contributed by atoms with E-state index in [-0.39, 0.29) is 5.25 Å². The van der Waals surface area contributed by atoms with Crippen LogP contribution in [0, 0.1) is 6.92 Å². The van der Waals surface area contributed by atoms with Crippen LogP contribution in [0.4, 0.5) is 11.6 Å². The van der Waals surface area contributed by atoms with Crippen LogP contribution in [-0.2, 0) is 14.2 Å². The second kappa shape index (κ2) is 14.9. The number of rotatable bonds is 16. The third kappa shape index (κ3) is 9.00. The van der Waals surface area contributed by atoms with E-state index in [0.29, 0.717) is 74.5 Å². The van der Waals surface area contributed by atoms with Crippen molar-refractivity contribution in [3.8, 4) is 22.1 Å². The van der Waals surface area contributed by atoms with Crippen molar-refractivity contribution in [3.05, 3.63) is 34.8 Å². The number of hydrogen-bond acceptors (Lipinski definition) is 12. The minimum absolute atomic E-state index is 0.0190. The number of hydrogen-bond donors (Lipinski definition) is 2. The largest absolute Gasteiger partial charge is 0.490 e. The highest BCUT2D eigenvalue weighted by atomic mass is 32.2. The molecule has 0 bridgehead atoms. The molecule has 1 atom stereocenters. The monoisotopic (exact) mass is 549 g/mol. The lowest BCUT2D eigenvalue weighted by atomic mass is 10.2. The molecule has 0 saturated heterocycles. The van der Waals surface area contributed by atoms with Crippen LogP contribution in [-0.4, -0.2) is 68.3 Å². The van der Waals surface area contributed by atoms with E-state index < -0.39 is 0 Å². The second-order valence-corrected chi connectivity index (χ2v) is 10.4. The number of thioether (sulfide) groups is 1. The van der Waals surface area contributed by atoms with Gasteiger partial charge in [0.05, 0.1) is 50.6 Å². The molecule has 3 rings (SSSR count). The summed E-state index contributed by atoms with van der Waals surface area (Å²) < 4.78 is 27.6. The molecule has 0 fully saturated rings. The smallest absolute Gasteiger partial charge is 0.192 e. The van der Waals surface area contributed by atoms with Gasteiger partial charge in [-0.25, -0.2) is 15.0 Å². The summed E-state index contributed by atoms with van der Waals surface area (Å²) in [6, 6.07) is 7.40. The predicted octanol–water partition coefficient (Wildman–Crippen LogP) is 4.38. The number of ether oxygens (including phenoxy) is 5. The maximum absolute atomic E-state index is 5.91. The van der Waals surface area contributed by atoms with Gasteiger partial charge in [0.1, 0.15) is 23.3 Å². The molecular formula is C25H35N5O5S2. The van der Waals surface area contributed by atoms with Gasteiger partial charge >= 0.3 is 0 Å². The summed E-state index contributed by atoms with van der Waals surface area (Å²) in [6.45, 7) is 9.61. The van der Waals surface area contributed by atoms with Gasteiger partial charge in [-0.3, -0.25) is 0 Å². The number of aryl methyl sites for hydroxylation is 1. The molecule has 10 nitrogen and oxygen atoms in total. The molecular weight excluding hydrogens is 514 g/mol. The van der Waals surface area contributed by atoms with E-state index in [0.717, 1.165) is 21.1 Å². The number of aromatic nitrogens is 3. The van der Waals surface area contributed by atoms with Crippen molar-refractivity contribution in [3.63, 3.8) is 0 Å². The van der Waals surface area contributed by atoms with Crippen molar-refractivity contribution >= 4 is 34.7 Å². The molecule has 0 aliphatic heterocycles. The normalized spacial score (nSPS) is 12.0. The summed E-state index contributed by atoms with van der Waals surface area (Å²) in [5.41, 5.74) is 13.6. The Hall–Kier alpha value is -2.64. The summed E-state index contributed by atoms with van der Waals surface area (Å²) in [7, 11) is 1.65. The van der Waals surface area contributed by atoms with Crippen molar-refractivity contribution in [2.45, 2.75) is 31.2 Å². The van der Waals surface area contributed by atoms with Crippen LogP contribution >= 0.6 is 23.1 Å². The fraction of sp³-hybridized carbons (Fsp3) is 0.480. The number of anilines is 2. The lowest BCUT2D eigenvalue weighted by Gasteiger charge is -2.13. The summed E-state index contributed by atoms with van der Waals surface area (Å²) in [5.74, 6) is 2.03. The molecule has 37 heavy (non-hydrogen) atoms. The van der Waals surface area contributed by atoms with Crippen LogP contribution in [0.1, 0.15) is 29.7 Å². The molecule has 0 saturated carbocycles. The summed E-state index contributed by atoms with van der Waals surface area (Å²) in [5, 5.41) is 1.45. The minimum Gasteiger partial charge on any atom is -0.490 e. The predicted molar refractivity (Wildman–Crippen MR) is 148 cm³/mol. The average Bonchev–Trinajstić information content (AvgIpc) is 3.25. The second-order valence-electron chi connectivity index (χ2n) is 7.88. The molecule has 4 N–H and O–H groups in total. The first-order valence-electron chi connectivity index (χ1n) is 12.0. The van der Waals surface area contributed by atoms with E-state index in [2.05, 4.69) is 23.8 Å². The fourth-order valence-corrected chi connectivity index (χ4v) is 5.39. The highest BCUT2D eigenvalue weighted by Crippen LogP contribution is 2.40. The maximum Gasteiger partial charge on any atom is 0.192 e. The number of nitrogens with zero attached hydrogens (tertiary/aromatic N) is 3. The Morgan fingerprint density at radius 1 is 0.892 bits per heavy atom. The zero-order valence-electron chi connectivity index (χ0n) is 21.7. The lowest BCUT2D eigenvalue weighted by Crippen LogP contribution is -2.12. The van der Waals surface area contributed by atoms with Gasteiger partial charge in [-0.1, -0.05) is 11.8 Å². The maximum atomic E-state index is 5.91. The Kier molecular flexibility index (Phi) is 11.7. The Morgan fingerprint density at radius 2 is 1.57 bits per heavy atom. The van der Waals surface area contributed by atoms with E-state index in [1.54, 1.807) is 18.4 Å². The van der Waals surface area contributed by atoms with Crippen molar-refractivity contribution in [2.24, 2.45) is 0 Å². The SMILES string of the molecule is CCOc1cc(-c2nc(C(C)Sc3nc(N)cc(N)n3)c(C)s2)ccc1OCCOCCOCCOC. The van der Waals surface area contributed by atoms with Gasteiger partial charge < -0.3 is 35.2 Å². The van der Waals surface area contributed by atoms with Gasteiger partial charge in [0.25, 0.3) is 0 Å². The molecule has 1 aromatic carbocycles. The molecule has 0 amide bonds. The molecule has 2 heterocycles. The molecule has 0 radical (unpaired) electrons. The quantitative estimate of drug-likeness (QED) is 0.150. The molecule has 2 aromatic heterocycles. The van der Waals surface area contributed by atoms with E-state index >= 15 is 0 Å². The summed E-state index contributed by atoms with van der Waals surface area (Å²) in [6.07, 6.45) is 0. The van der Waals surface area contributed by atoms with Gasteiger partial charge in [0.2, 0.25) is 0 Å². The molecule has 0 aliphatic rings. The van der Waals surface area contributed by atoms with E-state index in [9.17, 15) is 0 Å². The standard InChI is InChI=1S/C25H35N5O5S2/c1-5-34-20-14-18(6-7-19(20)35-13-12-33-11-10-32-9-8-31-4)24-30-23(16(2)36-24)17(3)37-25-28-21(26)15-22(27)29-25/h6-7,14-15,17H,5,8-13H2,1-4H3,(H4,26,27,28,29). The van der Waals surface area contributed by atoms with Gasteiger partial charge in [-0.15, -0.1) is 11.3 Å². The number of thiazole rings is 1. The Bertz CT molecular complexity index is 1110. The highest BCUT2D eigenvalue weighted by Gasteiger charge is 2.19. The number of benzene rings is 1. The van der Waals surface area contributed by atoms with Gasteiger partial charge in [-0.2, -0.15) is 0 Å². The third-order valence-electron chi connectivity index (χ3n) is 5.02. The van der Waals surface area contributed by atoms with Crippen molar-refractivity contribution < 1.29 is 23.7 Å². The van der Waals surface area contributed by atoms with Crippen LogP contribution in [0.15, 0.2) is 29.4 Å². The molecule has 1 unspecified atom stereocenters. The van der Waals surface area contributed by atoms with E-state index in [1.807, 2.05) is 25.1 Å². The first-order chi connectivity index (χ1) is 17.9. The van der Waals surface area contributed by atoms with Crippen molar-refractivity contribution in [1.29, 1.82) is 0 Å². The molecule has 3 aromatic rings. The first kappa shape index (κ1) is 28.9. The number of nitrogen functional groups attached to an aromatic ring is 2. The zero-order chi connectivity index (χ0) is 26.6. The van der Waals surface area contributed by atoms with Crippen molar-refractivity contribution in [2.75, 3.05) is 64.8 Å². The minimum atomic E-state index is 0.0190. The van der Waals surface area contributed by atoms with Crippen LogP contribution in [0.5, 0.6) is 11.5 Å². The van der Waals surface area contributed by atoms with Crippen LogP contribution in [0.2, 0.25) is 0 Å². The summed E-state index contributed by atoms with van der Waals surface area (Å²) >= 11 is 3.10. The Labute approximate surface area is 226 Å². The van der Waals surface area contributed by atoms with Gasteiger partial charge in [0, 0.05) is 23.6 Å². The topological polar surface area (TPSA) is 137 Å². The number of methoxy groups -OCH3 is 1. The van der Waals surface area contributed by atoms with E-state index in [1.165, 1.54) is 17.8 Å². The third-order valence-corrected chi connectivity index (χ3v) is 7.03. The number of nitrogens with two attached hydrogens (primary N) is 2. The molecule has 0 spiro atoms. The van der Waals surface area contributed by atoms with E-state index in [4.69, 9.17) is 40.1 Å². The van der Waals surface area contributed by atoms with Crippen molar-refractivity contribution in [1.82, 2.24) is 15.0 Å². The zero-order valence-corrected chi connectivity index (χ0v) is 23.3. The molecule has 202 valence electrons. The van der Waals surface area contributed by atoms with Crippen LogP contribution < -0.4 is 20.9 Å². The molecule has 0 aliphatic carbocycles. The summed E-state index contributed by atoms with van der Waals surface area (Å²) in [4.78, 5) is 14.6. The Balaban J connectivity index is 1.61.